The Balaban J connectivity index is 2.40. The van der Waals surface area contributed by atoms with Gasteiger partial charge in [0.2, 0.25) is 0 Å². The van der Waals surface area contributed by atoms with Gasteiger partial charge in [0.05, 0.1) is 11.2 Å². The van der Waals surface area contributed by atoms with Gasteiger partial charge in [-0.3, -0.25) is 4.79 Å². The zero-order valence-corrected chi connectivity index (χ0v) is 11.5. The number of hydrogen-bond acceptors (Lipinski definition) is 2. The van der Waals surface area contributed by atoms with Crippen LogP contribution < -0.4 is 0 Å². The molecule has 1 aromatic carbocycles. The first-order valence-electron chi connectivity index (χ1n) is 6.22. The fourth-order valence-electron chi connectivity index (χ4n) is 1.89. The molecule has 3 nitrogen and oxygen atoms in total. The van der Waals surface area contributed by atoms with Crippen LogP contribution in [-0.4, -0.2) is 27.7 Å². The van der Waals surface area contributed by atoms with E-state index in [4.69, 9.17) is 0 Å². The van der Waals surface area contributed by atoms with Gasteiger partial charge < -0.3 is 10.1 Å². The number of Topliss-reactive ketones (excluding diaryl/α,β-unsaturated/α-hetero) is 1. The smallest absolute Gasteiger partial charge is 0.386 e. The van der Waals surface area contributed by atoms with Crippen LogP contribution in [-0.2, 0) is 0 Å². The molecule has 0 aliphatic heterocycles. The second-order valence-corrected chi connectivity index (χ2v) is 5.32. The molecule has 0 atom stereocenters. The second-order valence-electron chi connectivity index (χ2n) is 5.32. The Morgan fingerprint density at radius 2 is 1.95 bits per heavy atom. The molecule has 1 aromatic heterocycles. The van der Waals surface area contributed by atoms with E-state index in [2.05, 4.69) is 4.98 Å². The molecule has 112 valence electrons. The summed E-state index contributed by atoms with van der Waals surface area (Å²) in [4.78, 5) is 14.0. The van der Waals surface area contributed by atoms with Gasteiger partial charge in [-0.2, -0.15) is 13.2 Å². The minimum absolute atomic E-state index is 0.220. The number of carbonyl (C=O) groups is 1. The summed E-state index contributed by atoms with van der Waals surface area (Å²) in [5, 5.41) is 9.81. The van der Waals surface area contributed by atoms with E-state index in [-0.39, 0.29) is 5.39 Å². The molecule has 0 unspecified atom stereocenters. The zero-order valence-electron chi connectivity index (χ0n) is 11.5. The van der Waals surface area contributed by atoms with Gasteiger partial charge in [-0.1, -0.05) is 24.3 Å². The molecule has 21 heavy (non-hydrogen) atoms. The lowest BCUT2D eigenvalue weighted by Gasteiger charge is -2.10. The molecule has 0 amide bonds. The summed E-state index contributed by atoms with van der Waals surface area (Å²) in [5.74, 6) is -1.87. The van der Waals surface area contributed by atoms with E-state index in [1.165, 1.54) is 6.07 Å². The molecular formula is C15H14F3NO2. The van der Waals surface area contributed by atoms with E-state index in [0.29, 0.717) is 11.1 Å². The number of aromatic nitrogens is 1. The number of hydrogen-bond donors (Lipinski definition) is 2. The Morgan fingerprint density at radius 3 is 2.52 bits per heavy atom. The molecular weight excluding hydrogens is 283 g/mol. The van der Waals surface area contributed by atoms with E-state index < -0.39 is 23.1 Å². The van der Waals surface area contributed by atoms with Crippen LogP contribution in [0.4, 0.5) is 13.2 Å². The van der Waals surface area contributed by atoms with Gasteiger partial charge in [0.1, 0.15) is 0 Å². The first kappa shape index (κ1) is 15.3. The minimum atomic E-state index is -4.89. The van der Waals surface area contributed by atoms with Crippen molar-refractivity contribution in [3.8, 4) is 0 Å². The van der Waals surface area contributed by atoms with E-state index in [1.807, 2.05) is 0 Å². The first-order valence-corrected chi connectivity index (χ1v) is 6.22. The number of carbonyl (C=O) groups excluding carboxylic acids is 1. The highest BCUT2D eigenvalue weighted by molar-refractivity contribution is 6.10. The fraction of sp³-hybridized carbons (Fsp3) is 0.267. The molecule has 2 rings (SSSR count). The van der Waals surface area contributed by atoms with Crippen LogP contribution in [0.3, 0.4) is 0 Å². The Bertz CT molecular complexity index is 706. The summed E-state index contributed by atoms with van der Waals surface area (Å²) >= 11 is 0. The summed E-state index contributed by atoms with van der Waals surface area (Å²) in [6, 6.07) is 4.66. The number of alkyl halides is 3. The predicted molar refractivity (Wildman–Crippen MR) is 74.0 cm³/mol. The van der Waals surface area contributed by atoms with Crippen LogP contribution in [0.1, 0.15) is 29.8 Å². The van der Waals surface area contributed by atoms with Crippen LogP contribution >= 0.6 is 0 Å². The Morgan fingerprint density at radius 1 is 1.29 bits per heavy atom. The van der Waals surface area contributed by atoms with Crippen molar-refractivity contribution < 1.29 is 23.1 Å². The van der Waals surface area contributed by atoms with Crippen LogP contribution in [0.2, 0.25) is 0 Å². The molecule has 0 fully saturated rings. The van der Waals surface area contributed by atoms with E-state index >= 15 is 0 Å². The van der Waals surface area contributed by atoms with Gasteiger partial charge >= 0.3 is 6.18 Å². The highest BCUT2D eigenvalue weighted by Crippen LogP contribution is 2.27. The molecule has 0 saturated carbocycles. The molecule has 0 radical (unpaired) electrons. The maximum absolute atomic E-state index is 12.5. The molecule has 0 bridgehead atoms. The Labute approximate surface area is 119 Å². The van der Waals surface area contributed by atoms with Gasteiger partial charge in [0, 0.05) is 17.1 Å². The van der Waals surface area contributed by atoms with Crippen molar-refractivity contribution in [2.45, 2.75) is 25.6 Å². The normalized spacial score (nSPS) is 13.2. The average Bonchev–Trinajstić information content (AvgIpc) is 2.76. The van der Waals surface area contributed by atoms with Crippen molar-refractivity contribution in [1.29, 1.82) is 0 Å². The van der Waals surface area contributed by atoms with Crippen LogP contribution in [0.15, 0.2) is 30.5 Å². The zero-order chi connectivity index (χ0) is 15.8. The van der Waals surface area contributed by atoms with Crippen LogP contribution in [0.5, 0.6) is 0 Å². The lowest BCUT2D eigenvalue weighted by Crippen LogP contribution is -2.22. The third kappa shape index (κ3) is 3.52. The Hall–Kier alpha value is -2.08. The summed E-state index contributed by atoms with van der Waals surface area (Å²) in [6.07, 6.45) is -0.608. The predicted octanol–water partition coefficient (Wildman–Crippen LogP) is 3.70. The van der Waals surface area contributed by atoms with E-state index in [0.717, 1.165) is 6.20 Å². The van der Waals surface area contributed by atoms with E-state index in [1.54, 1.807) is 38.1 Å². The molecule has 0 aliphatic rings. The number of halogens is 3. The van der Waals surface area contributed by atoms with Crippen molar-refractivity contribution >= 4 is 22.8 Å². The average molecular weight is 297 g/mol. The summed E-state index contributed by atoms with van der Waals surface area (Å²) in [7, 11) is 0. The Kier molecular flexibility index (Phi) is 3.67. The number of nitrogens with one attached hydrogen (secondary N) is 1. The SMILES string of the molecule is CC(C)(O)/C=C/c1ccc2c(C(=O)C(F)(F)F)c[nH]c2c1. The molecule has 6 heteroatoms. The summed E-state index contributed by atoms with van der Waals surface area (Å²) in [5.41, 5.74) is -0.240. The lowest BCUT2D eigenvalue weighted by molar-refractivity contribution is -0.0884. The quantitative estimate of drug-likeness (QED) is 0.849. The highest BCUT2D eigenvalue weighted by Gasteiger charge is 2.40. The standard InChI is InChI=1S/C15H14F3NO2/c1-14(2,21)6-5-9-3-4-10-11(8-19-12(10)7-9)13(20)15(16,17)18/h3-8,19,21H,1-2H3/b6-5+. The number of H-pyrrole nitrogens is 1. The summed E-state index contributed by atoms with van der Waals surface area (Å²) < 4.78 is 37.4. The van der Waals surface area contributed by atoms with Crippen molar-refractivity contribution in [3.05, 3.63) is 41.6 Å². The second kappa shape index (κ2) is 5.04. The molecule has 1 heterocycles. The number of aliphatic hydroxyl groups is 1. The van der Waals surface area contributed by atoms with Crippen molar-refractivity contribution in [2.24, 2.45) is 0 Å². The van der Waals surface area contributed by atoms with Crippen molar-refractivity contribution in [3.63, 3.8) is 0 Å². The molecule has 2 aromatic rings. The minimum Gasteiger partial charge on any atom is -0.386 e. The fourth-order valence-corrected chi connectivity index (χ4v) is 1.89. The first-order chi connectivity index (χ1) is 9.58. The topological polar surface area (TPSA) is 53.1 Å². The van der Waals surface area contributed by atoms with Gasteiger partial charge in [0.25, 0.3) is 5.78 Å². The molecule has 0 saturated heterocycles. The van der Waals surface area contributed by atoms with Gasteiger partial charge in [0.15, 0.2) is 0 Å². The number of fused-ring (bicyclic) bond motifs is 1. The highest BCUT2D eigenvalue weighted by atomic mass is 19.4. The van der Waals surface area contributed by atoms with Gasteiger partial charge in [-0.15, -0.1) is 0 Å². The van der Waals surface area contributed by atoms with E-state index in [9.17, 15) is 23.1 Å². The van der Waals surface area contributed by atoms with Crippen molar-refractivity contribution in [1.82, 2.24) is 4.98 Å². The maximum Gasteiger partial charge on any atom is 0.454 e. The monoisotopic (exact) mass is 297 g/mol. The maximum atomic E-state index is 12.5. The van der Waals surface area contributed by atoms with Crippen molar-refractivity contribution in [2.75, 3.05) is 0 Å². The summed E-state index contributed by atoms with van der Waals surface area (Å²) in [6.45, 7) is 3.22. The number of aromatic amines is 1. The third-order valence-electron chi connectivity index (χ3n) is 2.89. The molecule has 0 aliphatic carbocycles. The number of benzene rings is 1. The van der Waals surface area contributed by atoms with Crippen LogP contribution in [0.25, 0.3) is 17.0 Å². The van der Waals surface area contributed by atoms with Crippen LogP contribution in [0, 0.1) is 0 Å². The molecule has 0 spiro atoms. The number of rotatable bonds is 3. The largest absolute Gasteiger partial charge is 0.454 e. The molecule has 2 N–H and O–H groups in total. The lowest BCUT2D eigenvalue weighted by atomic mass is 10.0. The number of ketones is 1. The third-order valence-corrected chi connectivity index (χ3v) is 2.89. The van der Waals surface area contributed by atoms with Gasteiger partial charge in [-0.25, -0.2) is 0 Å². The van der Waals surface area contributed by atoms with Gasteiger partial charge in [-0.05, 0) is 25.5 Å².